The Labute approximate surface area is 129 Å². The predicted octanol–water partition coefficient (Wildman–Crippen LogP) is 3.28. The molecule has 0 aromatic heterocycles. The average molecular weight is 285 g/mol. The number of benzene rings is 1. The Kier molecular flexibility index (Phi) is 5.78. The van der Waals surface area contributed by atoms with E-state index in [2.05, 4.69) is 42.3 Å². The Bertz CT molecular complexity index is 457. The highest BCUT2D eigenvalue weighted by Crippen LogP contribution is 2.26. The molecule has 1 fully saturated rings. The van der Waals surface area contributed by atoms with Crippen LogP contribution in [0.4, 0.5) is 0 Å². The van der Waals surface area contributed by atoms with E-state index < -0.39 is 5.54 Å². The lowest BCUT2D eigenvalue weighted by molar-refractivity contribution is 0.202. The summed E-state index contributed by atoms with van der Waals surface area (Å²) in [5.41, 5.74) is 0.505. The van der Waals surface area contributed by atoms with Crippen LogP contribution in [0.3, 0.4) is 0 Å². The lowest BCUT2D eigenvalue weighted by Crippen LogP contribution is -2.47. The maximum Gasteiger partial charge on any atom is 0.133 e. The number of hydrogen-bond acceptors (Lipinski definition) is 3. The second-order valence-corrected chi connectivity index (χ2v) is 6.33. The van der Waals surface area contributed by atoms with Crippen LogP contribution in [0.1, 0.15) is 45.1 Å². The first-order valence-corrected chi connectivity index (χ1v) is 8.13. The molecule has 0 aliphatic carbocycles. The van der Waals surface area contributed by atoms with Crippen molar-refractivity contribution in [3.8, 4) is 6.07 Å². The molecule has 1 aliphatic heterocycles. The number of piperidine rings is 1. The van der Waals surface area contributed by atoms with Crippen LogP contribution in [-0.2, 0) is 5.54 Å². The van der Waals surface area contributed by atoms with Crippen molar-refractivity contribution < 1.29 is 0 Å². The number of nitrogens with one attached hydrogen (secondary N) is 1. The third-order valence-electron chi connectivity index (χ3n) is 4.24. The van der Waals surface area contributed by atoms with E-state index in [4.69, 9.17) is 0 Å². The van der Waals surface area contributed by atoms with E-state index in [1.807, 2.05) is 18.2 Å². The summed E-state index contributed by atoms with van der Waals surface area (Å²) < 4.78 is 0. The molecule has 1 aromatic rings. The highest BCUT2D eigenvalue weighted by atomic mass is 15.1. The fraction of sp³-hybridized carbons (Fsp3) is 0.611. The minimum absolute atomic E-state index is 0.284. The fourth-order valence-corrected chi connectivity index (χ4v) is 3.18. The summed E-state index contributed by atoms with van der Waals surface area (Å²) in [5.74, 6) is 0. The van der Waals surface area contributed by atoms with E-state index in [0.29, 0.717) is 0 Å². The summed E-state index contributed by atoms with van der Waals surface area (Å²) in [7, 11) is 0. The van der Waals surface area contributed by atoms with Gasteiger partial charge in [0.2, 0.25) is 0 Å². The quantitative estimate of drug-likeness (QED) is 0.872. The van der Waals surface area contributed by atoms with Crippen molar-refractivity contribution in [1.29, 1.82) is 5.26 Å². The molecule has 0 radical (unpaired) electrons. The van der Waals surface area contributed by atoms with Gasteiger partial charge in [-0.05, 0) is 51.8 Å². The minimum Gasteiger partial charge on any atom is -0.303 e. The van der Waals surface area contributed by atoms with Gasteiger partial charge in [-0.1, -0.05) is 36.8 Å². The van der Waals surface area contributed by atoms with Crippen molar-refractivity contribution in [3.05, 3.63) is 35.9 Å². The summed E-state index contributed by atoms with van der Waals surface area (Å²) in [6.45, 7) is 7.56. The van der Waals surface area contributed by atoms with Gasteiger partial charge in [-0.15, -0.1) is 0 Å². The molecule has 21 heavy (non-hydrogen) atoms. The molecule has 1 N–H and O–H groups in total. The van der Waals surface area contributed by atoms with E-state index in [1.54, 1.807) is 0 Å². The van der Waals surface area contributed by atoms with Crippen LogP contribution < -0.4 is 5.32 Å². The van der Waals surface area contributed by atoms with Gasteiger partial charge in [0.1, 0.15) is 5.54 Å². The zero-order chi connectivity index (χ0) is 15.1. The van der Waals surface area contributed by atoms with Crippen LogP contribution in [0.25, 0.3) is 0 Å². The highest BCUT2D eigenvalue weighted by Gasteiger charge is 2.33. The summed E-state index contributed by atoms with van der Waals surface area (Å²) >= 11 is 0. The van der Waals surface area contributed by atoms with Gasteiger partial charge in [0.25, 0.3) is 0 Å². The van der Waals surface area contributed by atoms with E-state index in [-0.39, 0.29) is 6.04 Å². The highest BCUT2D eigenvalue weighted by molar-refractivity contribution is 5.31. The molecular formula is C18H27N3. The monoisotopic (exact) mass is 285 g/mol. The normalized spacial score (nSPS) is 19.1. The first kappa shape index (κ1) is 16.0. The molecule has 1 aliphatic rings. The zero-order valence-electron chi connectivity index (χ0n) is 13.3. The third kappa shape index (κ3) is 4.30. The SMILES string of the molecule is CC(C)NC(C#N)(CCN1CCCCC1)c1ccccc1. The molecule has 1 unspecified atom stereocenters. The molecule has 3 nitrogen and oxygen atoms in total. The zero-order valence-corrected chi connectivity index (χ0v) is 13.3. The molecule has 0 saturated carbocycles. The van der Waals surface area contributed by atoms with Crippen LogP contribution >= 0.6 is 0 Å². The van der Waals surface area contributed by atoms with Gasteiger partial charge in [0.15, 0.2) is 0 Å². The molecule has 1 saturated heterocycles. The van der Waals surface area contributed by atoms with Gasteiger partial charge in [-0.3, -0.25) is 5.32 Å². The first-order valence-electron chi connectivity index (χ1n) is 8.13. The molecule has 0 bridgehead atoms. The molecule has 114 valence electrons. The molecule has 2 rings (SSSR count). The number of hydrogen-bond donors (Lipinski definition) is 1. The molecule has 3 heteroatoms. The Balaban J connectivity index is 2.13. The Morgan fingerprint density at radius 3 is 2.43 bits per heavy atom. The second-order valence-electron chi connectivity index (χ2n) is 6.33. The first-order chi connectivity index (χ1) is 10.2. The maximum atomic E-state index is 9.88. The van der Waals surface area contributed by atoms with Gasteiger partial charge in [-0.2, -0.15) is 5.26 Å². The van der Waals surface area contributed by atoms with E-state index >= 15 is 0 Å². The summed E-state index contributed by atoms with van der Waals surface area (Å²) in [6, 6.07) is 13.0. The van der Waals surface area contributed by atoms with Gasteiger partial charge in [0, 0.05) is 12.6 Å². The maximum absolute atomic E-state index is 9.88. The minimum atomic E-state index is -0.577. The van der Waals surface area contributed by atoms with E-state index in [9.17, 15) is 5.26 Å². The van der Waals surface area contributed by atoms with Crippen LogP contribution in [0, 0.1) is 11.3 Å². The molecule has 1 atom stereocenters. The number of nitriles is 1. The van der Waals surface area contributed by atoms with Crippen LogP contribution in [-0.4, -0.2) is 30.6 Å². The Morgan fingerprint density at radius 2 is 1.86 bits per heavy atom. The molecule has 0 spiro atoms. The van der Waals surface area contributed by atoms with Gasteiger partial charge in [-0.25, -0.2) is 0 Å². The van der Waals surface area contributed by atoms with Gasteiger partial charge in [0.05, 0.1) is 6.07 Å². The summed E-state index contributed by atoms with van der Waals surface area (Å²) in [4.78, 5) is 2.50. The Hall–Kier alpha value is -1.37. The number of nitrogens with zero attached hydrogens (tertiary/aromatic N) is 2. The lowest BCUT2D eigenvalue weighted by Gasteiger charge is -2.34. The molecule has 0 amide bonds. The molecule has 1 heterocycles. The van der Waals surface area contributed by atoms with Crippen molar-refractivity contribution >= 4 is 0 Å². The Morgan fingerprint density at radius 1 is 1.19 bits per heavy atom. The fourth-order valence-electron chi connectivity index (χ4n) is 3.18. The van der Waals surface area contributed by atoms with Gasteiger partial charge >= 0.3 is 0 Å². The topological polar surface area (TPSA) is 39.1 Å². The van der Waals surface area contributed by atoms with Crippen molar-refractivity contribution in [2.45, 2.75) is 51.1 Å². The standard InChI is InChI=1S/C18H27N3/c1-16(2)20-18(15-19,17-9-5-3-6-10-17)11-14-21-12-7-4-8-13-21/h3,5-6,9-10,16,20H,4,7-8,11-14H2,1-2H3. The van der Waals surface area contributed by atoms with E-state index in [0.717, 1.165) is 18.5 Å². The smallest absolute Gasteiger partial charge is 0.133 e. The lowest BCUT2D eigenvalue weighted by atomic mass is 9.86. The molecular weight excluding hydrogens is 258 g/mol. The predicted molar refractivity (Wildman–Crippen MR) is 86.9 cm³/mol. The number of likely N-dealkylation sites (tertiary alicyclic amines) is 1. The largest absolute Gasteiger partial charge is 0.303 e. The number of rotatable bonds is 6. The van der Waals surface area contributed by atoms with Crippen molar-refractivity contribution in [1.82, 2.24) is 10.2 Å². The van der Waals surface area contributed by atoms with Crippen molar-refractivity contribution in [2.75, 3.05) is 19.6 Å². The summed E-state index contributed by atoms with van der Waals surface area (Å²) in [5, 5.41) is 13.4. The second kappa shape index (κ2) is 7.59. The van der Waals surface area contributed by atoms with E-state index in [1.165, 1.54) is 32.4 Å². The van der Waals surface area contributed by atoms with Crippen LogP contribution in [0.15, 0.2) is 30.3 Å². The van der Waals surface area contributed by atoms with Crippen molar-refractivity contribution in [3.63, 3.8) is 0 Å². The van der Waals surface area contributed by atoms with Crippen molar-refractivity contribution in [2.24, 2.45) is 0 Å². The van der Waals surface area contributed by atoms with Crippen LogP contribution in [0.2, 0.25) is 0 Å². The molecule has 1 aromatic carbocycles. The average Bonchev–Trinajstić information content (AvgIpc) is 2.53. The third-order valence-corrected chi connectivity index (χ3v) is 4.24. The van der Waals surface area contributed by atoms with Gasteiger partial charge < -0.3 is 4.90 Å². The summed E-state index contributed by atoms with van der Waals surface area (Å²) in [6.07, 6.45) is 4.78. The van der Waals surface area contributed by atoms with Crippen LogP contribution in [0.5, 0.6) is 0 Å².